The van der Waals surface area contributed by atoms with Crippen LogP contribution in [0.25, 0.3) is 0 Å². The summed E-state index contributed by atoms with van der Waals surface area (Å²) >= 11 is 0. The molecule has 1 heterocycles. The molecule has 2 fully saturated rings. The second kappa shape index (κ2) is 6.06. The summed E-state index contributed by atoms with van der Waals surface area (Å²) < 4.78 is 0. The Morgan fingerprint density at radius 2 is 1.95 bits per heavy atom. The largest absolute Gasteiger partial charge is 0.309 e. The first-order chi connectivity index (χ1) is 9.33. The molecule has 2 aliphatic rings. The van der Waals surface area contributed by atoms with Crippen LogP contribution in [0.4, 0.5) is 0 Å². The van der Waals surface area contributed by atoms with Crippen molar-refractivity contribution in [3.8, 4) is 0 Å². The maximum atomic E-state index is 3.73. The first kappa shape index (κ1) is 13.1. The fourth-order valence-corrected chi connectivity index (χ4v) is 3.30. The Morgan fingerprint density at radius 1 is 1.16 bits per heavy atom. The highest BCUT2D eigenvalue weighted by Gasteiger charge is 2.27. The quantitative estimate of drug-likeness (QED) is 0.895. The number of hydrogen-bond acceptors (Lipinski definition) is 2. The predicted octanol–water partition coefficient (Wildman–Crippen LogP) is 3.21. The van der Waals surface area contributed by atoms with Crippen LogP contribution in [0.15, 0.2) is 30.3 Å². The van der Waals surface area contributed by atoms with Gasteiger partial charge < -0.3 is 5.32 Å². The molecule has 104 valence electrons. The van der Waals surface area contributed by atoms with Crippen molar-refractivity contribution in [2.75, 3.05) is 19.6 Å². The minimum absolute atomic E-state index is 0.506. The maximum Gasteiger partial charge on any atom is 0.0449 e. The third-order valence-corrected chi connectivity index (χ3v) is 4.91. The summed E-state index contributed by atoms with van der Waals surface area (Å²) in [6.07, 6.45) is 5.63. The SMILES string of the molecule is CC1CCNC(c2ccccc2)CN1CC1CCC1. The molecule has 1 aliphatic carbocycles. The molecule has 0 bridgehead atoms. The van der Waals surface area contributed by atoms with Gasteiger partial charge in [-0.3, -0.25) is 4.90 Å². The van der Waals surface area contributed by atoms with Gasteiger partial charge in [0.05, 0.1) is 0 Å². The molecule has 0 radical (unpaired) electrons. The summed E-state index contributed by atoms with van der Waals surface area (Å²) in [5.41, 5.74) is 1.44. The normalized spacial score (nSPS) is 29.7. The molecule has 1 saturated carbocycles. The summed E-state index contributed by atoms with van der Waals surface area (Å²) in [7, 11) is 0. The number of hydrogen-bond donors (Lipinski definition) is 1. The Kier molecular flexibility index (Phi) is 4.19. The third-order valence-electron chi connectivity index (χ3n) is 4.91. The van der Waals surface area contributed by atoms with Crippen LogP contribution in [-0.4, -0.2) is 30.6 Å². The van der Waals surface area contributed by atoms with Gasteiger partial charge in [0.25, 0.3) is 0 Å². The van der Waals surface area contributed by atoms with Gasteiger partial charge in [-0.1, -0.05) is 36.8 Å². The van der Waals surface area contributed by atoms with E-state index < -0.39 is 0 Å². The zero-order chi connectivity index (χ0) is 13.1. The van der Waals surface area contributed by atoms with Crippen molar-refractivity contribution in [1.82, 2.24) is 10.2 Å². The van der Waals surface area contributed by atoms with Crippen LogP contribution in [0.2, 0.25) is 0 Å². The van der Waals surface area contributed by atoms with Gasteiger partial charge >= 0.3 is 0 Å². The molecule has 3 rings (SSSR count). The van der Waals surface area contributed by atoms with Crippen molar-refractivity contribution >= 4 is 0 Å². The lowest BCUT2D eigenvalue weighted by Crippen LogP contribution is -2.40. The highest BCUT2D eigenvalue weighted by atomic mass is 15.2. The van der Waals surface area contributed by atoms with Crippen LogP contribution in [0.5, 0.6) is 0 Å². The number of nitrogens with zero attached hydrogens (tertiary/aromatic N) is 1. The Hall–Kier alpha value is -0.860. The molecule has 2 heteroatoms. The van der Waals surface area contributed by atoms with E-state index >= 15 is 0 Å². The second-order valence-corrected chi connectivity index (χ2v) is 6.31. The molecule has 0 aromatic heterocycles. The van der Waals surface area contributed by atoms with E-state index in [0.29, 0.717) is 6.04 Å². The minimum Gasteiger partial charge on any atom is -0.309 e. The van der Waals surface area contributed by atoms with Crippen molar-refractivity contribution in [2.24, 2.45) is 5.92 Å². The van der Waals surface area contributed by atoms with Gasteiger partial charge in [-0.05, 0) is 44.2 Å². The topological polar surface area (TPSA) is 15.3 Å². The summed E-state index contributed by atoms with van der Waals surface area (Å²) in [6.45, 7) is 6.02. The Labute approximate surface area is 117 Å². The van der Waals surface area contributed by atoms with Crippen LogP contribution in [-0.2, 0) is 0 Å². The number of nitrogens with one attached hydrogen (secondary N) is 1. The summed E-state index contributed by atoms with van der Waals surface area (Å²) in [6, 6.07) is 12.2. The Bertz CT molecular complexity index is 386. The predicted molar refractivity (Wildman–Crippen MR) is 80.2 cm³/mol. The molecular formula is C17H26N2. The van der Waals surface area contributed by atoms with E-state index in [1.54, 1.807) is 0 Å². The van der Waals surface area contributed by atoms with E-state index in [0.717, 1.165) is 18.5 Å². The van der Waals surface area contributed by atoms with Crippen LogP contribution in [0, 0.1) is 5.92 Å². The highest BCUT2D eigenvalue weighted by Crippen LogP contribution is 2.29. The van der Waals surface area contributed by atoms with E-state index in [1.807, 2.05) is 0 Å². The monoisotopic (exact) mass is 258 g/mol. The van der Waals surface area contributed by atoms with Gasteiger partial charge in [-0.25, -0.2) is 0 Å². The lowest BCUT2D eigenvalue weighted by atomic mass is 9.84. The second-order valence-electron chi connectivity index (χ2n) is 6.31. The summed E-state index contributed by atoms with van der Waals surface area (Å²) in [5, 5.41) is 3.73. The van der Waals surface area contributed by atoms with Crippen molar-refractivity contribution in [3.05, 3.63) is 35.9 Å². The first-order valence-electron chi connectivity index (χ1n) is 7.85. The molecule has 2 atom stereocenters. The van der Waals surface area contributed by atoms with E-state index in [2.05, 4.69) is 47.5 Å². The molecule has 1 aliphatic heterocycles. The van der Waals surface area contributed by atoms with Crippen LogP contribution in [0.1, 0.15) is 44.2 Å². The molecular weight excluding hydrogens is 232 g/mol. The fraction of sp³-hybridized carbons (Fsp3) is 0.647. The average molecular weight is 258 g/mol. The lowest BCUT2D eigenvalue weighted by molar-refractivity contribution is 0.137. The minimum atomic E-state index is 0.506. The zero-order valence-electron chi connectivity index (χ0n) is 12.0. The molecule has 0 amide bonds. The number of rotatable bonds is 3. The van der Waals surface area contributed by atoms with Crippen molar-refractivity contribution in [1.29, 1.82) is 0 Å². The molecule has 1 aromatic carbocycles. The smallest absolute Gasteiger partial charge is 0.0449 e. The van der Waals surface area contributed by atoms with Gasteiger partial charge in [-0.15, -0.1) is 0 Å². The van der Waals surface area contributed by atoms with Gasteiger partial charge in [0.15, 0.2) is 0 Å². The standard InChI is InChI=1S/C17H26N2/c1-14-10-11-18-17(16-8-3-2-4-9-16)13-19(14)12-15-6-5-7-15/h2-4,8-9,14-15,17-18H,5-7,10-13H2,1H3. The highest BCUT2D eigenvalue weighted by molar-refractivity contribution is 5.19. The van der Waals surface area contributed by atoms with E-state index in [-0.39, 0.29) is 0 Å². The van der Waals surface area contributed by atoms with Crippen molar-refractivity contribution < 1.29 is 0 Å². The maximum absolute atomic E-state index is 3.73. The van der Waals surface area contributed by atoms with Crippen LogP contribution in [0.3, 0.4) is 0 Å². The van der Waals surface area contributed by atoms with E-state index in [4.69, 9.17) is 0 Å². The van der Waals surface area contributed by atoms with Crippen LogP contribution >= 0.6 is 0 Å². The van der Waals surface area contributed by atoms with Gasteiger partial charge in [0.1, 0.15) is 0 Å². The average Bonchev–Trinajstić information content (AvgIpc) is 2.57. The summed E-state index contributed by atoms with van der Waals surface area (Å²) in [5.74, 6) is 0.969. The van der Waals surface area contributed by atoms with E-state index in [1.165, 1.54) is 44.3 Å². The lowest BCUT2D eigenvalue weighted by Gasteiger charge is -2.36. The first-order valence-corrected chi connectivity index (χ1v) is 7.85. The molecule has 2 unspecified atom stereocenters. The Balaban J connectivity index is 1.68. The van der Waals surface area contributed by atoms with Crippen molar-refractivity contribution in [2.45, 2.75) is 44.7 Å². The van der Waals surface area contributed by atoms with Gasteiger partial charge in [-0.2, -0.15) is 0 Å². The van der Waals surface area contributed by atoms with Gasteiger partial charge in [0, 0.05) is 25.2 Å². The molecule has 1 aromatic rings. The Morgan fingerprint density at radius 3 is 2.63 bits per heavy atom. The molecule has 0 spiro atoms. The molecule has 2 nitrogen and oxygen atoms in total. The van der Waals surface area contributed by atoms with E-state index in [9.17, 15) is 0 Å². The molecule has 1 saturated heterocycles. The fourth-order valence-electron chi connectivity index (χ4n) is 3.30. The number of benzene rings is 1. The van der Waals surface area contributed by atoms with Crippen molar-refractivity contribution in [3.63, 3.8) is 0 Å². The molecule has 19 heavy (non-hydrogen) atoms. The third kappa shape index (κ3) is 3.18. The van der Waals surface area contributed by atoms with Gasteiger partial charge in [0.2, 0.25) is 0 Å². The zero-order valence-corrected chi connectivity index (χ0v) is 12.0. The summed E-state index contributed by atoms with van der Waals surface area (Å²) in [4.78, 5) is 2.72. The molecule has 1 N–H and O–H groups in total. The van der Waals surface area contributed by atoms with Crippen LogP contribution < -0.4 is 5.32 Å².